The molecule has 0 bridgehead atoms. The van der Waals surface area contributed by atoms with Crippen LogP contribution in [-0.2, 0) is 13.9 Å². The fourth-order valence-corrected chi connectivity index (χ4v) is 1.50. The average Bonchev–Trinajstić information content (AvgIpc) is 1.87. The molecule has 0 aromatic carbocycles. The molecule has 0 aliphatic heterocycles. The van der Waals surface area contributed by atoms with Gasteiger partial charge in [0.2, 0.25) is 0 Å². The van der Waals surface area contributed by atoms with E-state index in [1.165, 1.54) is 6.92 Å². The van der Waals surface area contributed by atoms with Gasteiger partial charge in [-0.1, -0.05) is 6.92 Å². The number of carboxylic acid groups (broad SMARTS) is 1. The summed E-state index contributed by atoms with van der Waals surface area (Å²) in [4.78, 5) is 19.0. The molecule has 0 rings (SSSR count). The van der Waals surface area contributed by atoms with Crippen molar-refractivity contribution >= 4 is 13.6 Å². The molecule has 0 saturated heterocycles. The van der Waals surface area contributed by atoms with Crippen molar-refractivity contribution in [3.63, 3.8) is 0 Å². The molecule has 0 saturated carbocycles. The van der Waals surface area contributed by atoms with E-state index in [9.17, 15) is 9.36 Å². The largest absolute Gasteiger partial charge is 0.481 e. The van der Waals surface area contributed by atoms with Gasteiger partial charge < -0.3 is 14.5 Å². The summed E-state index contributed by atoms with van der Waals surface area (Å²) >= 11 is 0. The molecule has 0 fully saturated rings. The fraction of sp³-hybridized carbons (Fsp3) is 0.800. The third-order valence-corrected chi connectivity index (χ3v) is 2.79. The quantitative estimate of drug-likeness (QED) is 0.620. The van der Waals surface area contributed by atoms with Crippen molar-refractivity contribution < 1.29 is 23.9 Å². The maximum Gasteiger partial charge on any atom is 0.328 e. The van der Waals surface area contributed by atoms with Crippen LogP contribution in [0.15, 0.2) is 0 Å². The number of aliphatic carboxylic acids is 1. The molecule has 0 aliphatic carbocycles. The van der Waals surface area contributed by atoms with E-state index in [4.69, 9.17) is 10.00 Å². The molecule has 2 atom stereocenters. The summed E-state index contributed by atoms with van der Waals surface area (Å²) in [5.41, 5.74) is 0. The lowest BCUT2D eigenvalue weighted by Crippen LogP contribution is -2.14. The van der Waals surface area contributed by atoms with Crippen molar-refractivity contribution in [1.29, 1.82) is 0 Å². The third kappa shape index (κ3) is 4.14. The van der Waals surface area contributed by atoms with Gasteiger partial charge in [-0.15, -0.1) is 0 Å². The molecule has 2 N–H and O–H groups in total. The second-order valence-corrected chi connectivity index (χ2v) is 4.25. The molecular weight excluding hydrogens is 171 g/mol. The van der Waals surface area contributed by atoms with Crippen molar-refractivity contribution in [2.24, 2.45) is 5.92 Å². The summed E-state index contributed by atoms with van der Waals surface area (Å²) in [6.45, 7) is 1.35. The molecule has 2 unspecified atom stereocenters. The second kappa shape index (κ2) is 3.85. The molecule has 66 valence electrons. The Morgan fingerprint density at radius 2 is 2.18 bits per heavy atom. The van der Waals surface area contributed by atoms with Crippen LogP contribution in [0.4, 0.5) is 0 Å². The topological polar surface area (TPSA) is 83.8 Å². The maximum atomic E-state index is 10.8. The van der Waals surface area contributed by atoms with Crippen LogP contribution in [0.5, 0.6) is 0 Å². The SMILES string of the molecule is COP(=O)(O)CC(C)C(=O)O. The van der Waals surface area contributed by atoms with Crippen LogP contribution in [0.25, 0.3) is 0 Å². The highest BCUT2D eigenvalue weighted by Crippen LogP contribution is 2.42. The summed E-state index contributed by atoms with van der Waals surface area (Å²) in [5, 5.41) is 8.35. The maximum absolute atomic E-state index is 10.8. The van der Waals surface area contributed by atoms with Gasteiger partial charge in [0.15, 0.2) is 0 Å². The summed E-state index contributed by atoms with van der Waals surface area (Å²) in [7, 11) is -2.59. The van der Waals surface area contributed by atoms with Gasteiger partial charge in [0.05, 0.1) is 12.1 Å². The summed E-state index contributed by atoms with van der Waals surface area (Å²) in [5.74, 6) is -1.96. The first kappa shape index (κ1) is 10.6. The average molecular weight is 182 g/mol. The number of hydrogen-bond donors (Lipinski definition) is 2. The predicted molar refractivity (Wildman–Crippen MR) is 38.5 cm³/mol. The molecule has 11 heavy (non-hydrogen) atoms. The Balaban J connectivity index is 4.04. The minimum Gasteiger partial charge on any atom is -0.481 e. The van der Waals surface area contributed by atoms with Crippen molar-refractivity contribution in [2.45, 2.75) is 6.92 Å². The van der Waals surface area contributed by atoms with Gasteiger partial charge in [0, 0.05) is 7.11 Å². The van der Waals surface area contributed by atoms with E-state index in [0.29, 0.717) is 0 Å². The zero-order valence-electron chi connectivity index (χ0n) is 6.35. The second-order valence-electron chi connectivity index (χ2n) is 2.24. The molecule has 0 spiro atoms. The van der Waals surface area contributed by atoms with E-state index >= 15 is 0 Å². The predicted octanol–water partition coefficient (Wildman–Crippen LogP) is 0.539. The van der Waals surface area contributed by atoms with Crippen LogP contribution in [0, 0.1) is 5.92 Å². The normalized spacial score (nSPS) is 18.8. The van der Waals surface area contributed by atoms with Crippen molar-refractivity contribution in [3.05, 3.63) is 0 Å². The summed E-state index contributed by atoms with van der Waals surface area (Å²) < 4.78 is 15.0. The Hall–Kier alpha value is -0.380. The molecule has 0 aromatic rings. The van der Waals surface area contributed by atoms with Crippen LogP contribution in [-0.4, -0.2) is 29.2 Å². The van der Waals surface area contributed by atoms with Crippen molar-refractivity contribution in [2.75, 3.05) is 13.3 Å². The highest BCUT2D eigenvalue weighted by atomic mass is 31.2. The Kier molecular flexibility index (Phi) is 3.72. The van der Waals surface area contributed by atoms with Gasteiger partial charge in [-0.25, -0.2) is 0 Å². The number of rotatable bonds is 4. The van der Waals surface area contributed by atoms with Crippen molar-refractivity contribution in [1.82, 2.24) is 0 Å². The third-order valence-electron chi connectivity index (χ3n) is 1.21. The first-order valence-electron chi connectivity index (χ1n) is 2.99. The molecular formula is C5H11O5P. The Bertz CT molecular complexity index is 189. The van der Waals surface area contributed by atoms with Crippen LogP contribution < -0.4 is 0 Å². The lowest BCUT2D eigenvalue weighted by Gasteiger charge is -2.10. The first-order chi connectivity index (χ1) is 4.89. The molecule has 0 aromatic heterocycles. The van der Waals surface area contributed by atoms with Gasteiger partial charge in [0.1, 0.15) is 0 Å². The zero-order chi connectivity index (χ0) is 9.07. The lowest BCUT2D eigenvalue weighted by atomic mass is 10.2. The summed E-state index contributed by atoms with van der Waals surface area (Å²) in [6.07, 6.45) is -0.348. The van der Waals surface area contributed by atoms with E-state index in [0.717, 1.165) is 7.11 Å². The van der Waals surface area contributed by atoms with E-state index in [2.05, 4.69) is 4.52 Å². The summed E-state index contributed by atoms with van der Waals surface area (Å²) in [6, 6.07) is 0. The van der Waals surface area contributed by atoms with E-state index in [1.54, 1.807) is 0 Å². The van der Waals surface area contributed by atoms with Gasteiger partial charge in [-0.2, -0.15) is 0 Å². The molecule has 5 nitrogen and oxygen atoms in total. The fourth-order valence-electron chi connectivity index (χ4n) is 0.499. The van der Waals surface area contributed by atoms with Crippen LogP contribution in [0.2, 0.25) is 0 Å². The van der Waals surface area contributed by atoms with E-state index in [1.807, 2.05) is 0 Å². The number of carbonyl (C=O) groups is 1. The lowest BCUT2D eigenvalue weighted by molar-refractivity contribution is -0.140. The van der Waals surface area contributed by atoms with Crippen LogP contribution >= 0.6 is 7.60 Å². The minimum atomic E-state index is -3.66. The zero-order valence-corrected chi connectivity index (χ0v) is 7.25. The van der Waals surface area contributed by atoms with E-state index < -0.39 is 19.5 Å². The highest BCUT2D eigenvalue weighted by molar-refractivity contribution is 7.52. The highest BCUT2D eigenvalue weighted by Gasteiger charge is 2.25. The van der Waals surface area contributed by atoms with Gasteiger partial charge in [0.25, 0.3) is 0 Å². The van der Waals surface area contributed by atoms with Gasteiger partial charge >= 0.3 is 13.6 Å². The van der Waals surface area contributed by atoms with Crippen molar-refractivity contribution in [3.8, 4) is 0 Å². The molecule has 0 amide bonds. The Morgan fingerprint density at radius 1 is 1.73 bits per heavy atom. The minimum absolute atomic E-state index is 0.348. The van der Waals surface area contributed by atoms with E-state index in [-0.39, 0.29) is 6.16 Å². The number of hydrogen-bond acceptors (Lipinski definition) is 3. The van der Waals surface area contributed by atoms with Crippen LogP contribution in [0.3, 0.4) is 0 Å². The standard InChI is InChI=1S/C5H11O5P/c1-4(5(6)7)3-11(8,9)10-2/h4H,3H2,1-2H3,(H,6,7)(H,8,9). The smallest absolute Gasteiger partial charge is 0.328 e. The molecule has 0 heterocycles. The molecule has 0 radical (unpaired) electrons. The van der Waals surface area contributed by atoms with Gasteiger partial charge in [-0.05, 0) is 0 Å². The van der Waals surface area contributed by atoms with Crippen LogP contribution in [0.1, 0.15) is 6.92 Å². The Morgan fingerprint density at radius 3 is 2.45 bits per heavy atom. The Labute approximate surface area is 64.5 Å². The molecule has 0 aliphatic rings. The van der Waals surface area contributed by atoms with Gasteiger partial charge in [-0.3, -0.25) is 9.36 Å². The monoisotopic (exact) mass is 182 g/mol. The molecule has 6 heteroatoms. The first-order valence-corrected chi connectivity index (χ1v) is 4.75. The number of carboxylic acids is 1.